The van der Waals surface area contributed by atoms with Crippen molar-refractivity contribution >= 4 is 23.0 Å². The lowest BCUT2D eigenvalue weighted by Gasteiger charge is -2.09. The average molecular weight is 319 g/mol. The highest BCUT2D eigenvalue weighted by Crippen LogP contribution is 2.28. The van der Waals surface area contributed by atoms with E-state index in [1.807, 2.05) is 6.92 Å². The second kappa shape index (κ2) is 7.20. The van der Waals surface area contributed by atoms with Gasteiger partial charge in [0.25, 0.3) is 5.91 Å². The topological polar surface area (TPSA) is 75.6 Å². The highest BCUT2D eigenvalue weighted by Gasteiger charge is 2.16. The summed E-state index contributed by atoms with van der Waals surface area (Å²) in [5.74, 6) is 0.212. The molecule has 0 bridgehead atoms. The Morgan fingerprint density at radius 3 is 2.50 bits per heavy atom. The Bertz CT molecular complexity index is 663. The quantitative estimate of drug-likeness (QED) is 0.487. The van der Waals surface area contributed by atoms with Crippen molar-refractivity contribution in [2.24, 2.45) is 0 Å². The molecule has 1 heterocycles. The van der Waals surface area contributed by atoms with E-state index >= 15 is 0 Å². The molecule has 0 aliphatic rings. The minimum Gasteiger partial charge on any atom is -0.497 e. The molecule has 0 unspecified atom stereocenters. The Labute approximate surface area is 132 Å². The molecular formula is C16H17NO4S. The molecule has 1 atom stereocenters. The summed E-state index contributed by atoms with van der Waals surface area (Å²) in [5, 5.41) is 8.62. The Morgan fingerprint density at radius 1 is 1.23 bits per heavy atom. The molecule has 116 valence electrons. The lowest BCUT2D eigenvalue weighted by molar-refractivity contribution is 0.0711. The molecule has 1 amide bonds. The Balaban J connectivity index is 2.04. The number of thiophene rings is 1. The third-order valence-electron chi connectivity index (χ3n) is 3.34. The monoisotopic (exact) mass is 319 g/mol. The van der Waals surface area contributed by atoms with Gasteiger partial charge in [-0.3, -0.25) is 14.8 Å². The summed E-state index contributed by atoms with van der Waals surface area (Å²) in [6, 6.07) is 10.4. The highest BCUT2D eigenvalue weighted by atomic mass is 32.1. The first-order chi connectivity index (χ1) is 10.5. The highest BCUT2D eigenvalue weighted by molar-refractivity contribution is 7.14. The van der Waals surface area contributed by atoms with Crippen molar-refractivity contribution in [3.05, 3.63) is 51.7 Å². The lowest BCUT2D eigenvalue weighted by Crippen LogP contribution is -2.16. The third kappa shape index (κ3) is 3.72. The smallest absolute Gasteiger partial charge is 0.284 e. The van der Waals surface area contributed by atoms with Gasteiger partial charge in [-0.15, -0.1) is 11.3 Å². The van der Waals surface area contributed by atoms with Crippen LogP contribution in [-0.2, 0) is 0 Å². The van der Waals surface area contributed by atoms with Crippen LogP contribution in [0.2, 0.25) is 0 Å². The van der Waals surface area contributed by atoms with E-state index in [0.29, 0.717) is 22.6 Å². The van der Waals surface area contributed by atoms with Crippen LogP contribution in [-0.4, -0.2) is 24.0 Å². The summed E-state index contributed by atoms with van der Waals surface area (Å²) < 4.78 is 5.07. The Hall–Kier alpha value is -2.18. The Morgan fingerprint density at radius 2 is 1.91 bits per heavy atom. The van der Waals surface area contributed by atoms with Gasteiger partial charge in [-0.05, 0) is 42.3 Å². The van der Waals surface area contributed by atoms with Crippen LogP contribution in [0.4, 0.5) is 0 Å². The zero-order chi connectivity index (χ0) is 16.1. The number of rotatable bonds is 6. The first-order valence-electron chi connectivity index (χ1n) is 6.76. The molecule has 0 saturated heterocycles. The summed E-state index contributed by atoms with van der Waals surface area (Å²) >= 11 is 1.27. The van der Waals surface area contributed by atoms with Crippen LogP contribution < -0.4 is 10.2 Å². The van der Waals surface area contributed by atoms with Crippen molar-refractivity contribution in [2.45, 2.75) is 19.3 Å². The predicted molar refractivity (Wildman–Crippen MR) is 83.9 cm³/mol. The van der Waals surface area contributed by atoms with Crippen molar-refractivity contribution in [1.29, 1.82) is 0 Å². The Kier molecular flexibility index (Phi) is 5.30. The van der Waals surface area contributed by atoms with Crippen molar-refractivity contribution in [3.8, 4) is 5.75 Å². The molecule has 0 spiro atoms. The number of benzene rings is 1. The second-order valence-electron chi connectivity index (χ2n) is 4.90. The second-order valence-corrected chi connectivity index (χ2v) is 6.02. The van der Waals surface area contributed by atoms with Crippen molar-refractivity contribution < 1.29 is 19.5 Å². The van der Waals surface area contributed by atoms with Crippen molar-refractivity contribution in [2.75, 3.05) is 7.11 Å². The number of hydrogen-bond donors (Lipinski definition) is 2. The molecular weight excluding hydrogens is 302 g/mol. The molecule has 1 aromatic carbocycles. The zero-order valence-electron chi connectivity index (χ0n) is 12.3. The molecule has 0 fully saturated rings. The van der Waals surface area contributed by atoms with Crippen LogP contribution in [0, 0.1) is 0 Å². The van der Waals surface area contributed by atoms with E-state index in [2.05, 4.69) is 0 Å². The molecule has 2 aromatic rings. The zero-order valence-corrected chi connectivity index (χ0v) is 13.1. The maximum Gasteiger partial charge on any atom is 0.284 e. The summed E-state index contributed by atoms with van der Waals surface area (Å²) in [7, 11) is 1.58. The summed E-state index contributed by atoms with van der Waals surface area (Å²) in [5.41, 5.74) is 2.24. The molecule has 6 heteroatoms. The average Bonchev–Trinajstić information content (AvgIpc) is 3.04. The number of ketones is 1. The maximum atomic E-state index is 12.3. The number of hydroxylamine groups is 1. The van der Waals surface area contributed by atoms with Gasteiger partial charge in [0.2, 0.25) is 0 Å². The fraction of sp³-hybridized carbons (Fsp3) is 0.250. The SMILES string of the molecule is COc1ccc(C(=O)C[C@H](C)c2ccc(C(=O)NO)s2)cc1. The van der Waals surface area contributed by atoms with Gasteiger partial charge in [0.05, 0.1) is 12.0 Å². The van der Waals surface area contributed by atoms with Crippen LogP contribution in [0.25, 0.3) is 0 Å². The van der Waals surface area contributed by atoms with Gasteiger partial charge in [0.15, 0.2) is 5.78 Å². The molecule has 0 aliphatic carbocycles. The summed E-state index contributed by atoms with van der Waals surface area (Å²) in [4.78, 5) is 24.9. The number of hydrogen-bond acceptors (Lipinski definition) is 5. The van der Waals surface area contributed by atoms with Gasteiger partial charge in [-0.1, -0.05) is 6.92 Å². The van der Waals surface area contributed by atoms with Crippen LogP contribution in [0.5, 0.6) is 5.75 Å². The van der Waals surface area contributed by atoms with Crippen LogP contribution in [0.15, 0.2) is 36.4 Å². The first-order valence-corrected chi connectivity index (χ1v) is 7.58. The number of methoxy groups -OCH3 is 1. The van der Waals surface area contributed by atoms with Crippen molar-refractivity contribution in [1.82, 2.24) is 5.48 Å². The largest absolute Gasteiger partial charge is 0.497 e. The molecule has 2 rings (SSSR count). The first kappa shape index (κ1) is 16.2. The van der Waals surface area contributed by atoms with Crippen LogP contribution >= 0.6 is 11.3 Å². The fourth-order valence-corrected chi connectivity index (χ4v) is 3.02. The van der Waals surface area contributed by atoms with E-state index in [0.717, 1.165) is 4.88 Å². The number of ether oxygens (including phenoxy) is 1. The van der Waals surface area contributed by atoms with E-state index in [1.165, 1.54) is 11.3 Å². The van der Waals surface area contributed by atoms with Gasteiger partial charge in [0.1, 0.15) is 5.75 Å². The van der Waals surface area contributed by atoms with Crippen LogP contribution in [0.1, 0.15) is 44.2 Å². The van der Waals surface area contributed by atoms with E-state index < -0.39 is 5.91 Å². The standard InChI is InChI=1S/C16H17NO4S/c1-10(14-7-8-15(22-14)16(19)17-20)9-13(18)11-3-5-12(21-2)6-4-11/h3-8,10,20H,9H2,1-2H3,(H,17,19)/t10-/m0/s1. The molecule has 0 aliphatic heterocycles. The lowest BCUT2D eigenvalue weighted by atomic mass is 9.98. The molecule has 0 radical (unpaired) electrons. The van der Waals surface area contributed by atoms with E-state index in [4.69, 9.17) is 9.94 Å². The molecule has 2 N–H and O–H groups in total. The van der Waals surface area contributed by atoms with E-state index in [9.17, 15) is 9.59 Å². The van der Waals surface area contributed by atoms with Gasteiger partial charge in [0, 0.05) is 16.9 Å². The van der Waals surface area contributed by atoms with Gasteiger partial charge in [-0.25, -0.2) is 5.48 Å². The summed E-state index contributed by atoms with van der Waals surface area (Å²) in [6.07, 6.45) is 0.354. The number of nitrogens with one attached hydrogen (secondary N) is 1. The maximum absolute atomic E-state index is 12.3. The number of carbonyl (C=O) groups excluding carboxylic acids is 2. The fourth-order valence-electron chi connectivity index (χ4n) is 2.07. The van der Waals surface area contributed by atoms with Crippen LogP contribution in [0.3, 0.4) is 0 Å². The van der Waals surface area contributed by atoms with Gasteiger partial charge >= 0.3 is 0 Å². The minimum absolute atomic E-state index is 0.000144. The molecule has 22 heavy (non-hydrogen) atoms. The van der Waals surface area contributed by atoms with Crippen molar-refractivity contribution in [3.63, 3.8) is 0 Å². The van der Waals surface area contributed by atoms with Gasteiger partial charge in [-0.2, -0.15) is 0 Å². The predicted octanol–water partition coefficient (Wildman–Crippen LogP) is 3.25. The molecule has 1 aromatic heterocycles. The third-order valence-corrected chi connectivity index (χ3v) is 4.66. The number of amides is 1. The minimum atomic E-state index is -0.537. The molecule has 0 saturated carbocycles. The number of Topliss-reactive ketones (excluding diaryl/α,β-unsaturated/α-hetero) is 1. The molecule has 5 nitrogen and oxygen atoms in total. The summed E-state index contributed by atoms with van der Waals surface area (Å²) in [6.45, 7) is 1.94. The van der Waals surface area contributed by atoms with E-state index in [-0.39, 0.29) is 11.7 Å². The van der Waals surface area contributed by atoms with Gasteiger partial charge < -0.3 is 4.74 Å². The van der Waals surface area contributed by atoms with E-state index in [1.54, 1.807) is 49.0 Å². The normalized spacial score (nSPS) is 11.8. The number of carbonyl (C=O) groups is 2.